The lowest BCUT2D eigenvalue weighted by Crippen LogP contribution is -2.70. The Bertz CT molecular complexity index is 571. The van der Waals surface area contributed by atoms with Crippen molar-refractivity contribution in [1.29, 1.82) is 0 Å². The minimum atomic E-state index is -4.23. The molecular weight excluding hydrogens is 585 g/mol. The third-order valence-electron chi connectivity index (χ3n) is 4.23. The fraction of sp³-hybridized carbons (Fsp3) is 1.00. The van der Waals surface area contributed by atoms with Gasteiger partial charge >= 0.3 is 36.2 Å². The van der Waals surface area contributed by atoms with Crippen LogP contribution in [0.5, 0.6) is 0 Å². The quantitative estimate of drug-likeness (QED) is 0.122. The Balaban J connectivity index is 6.92. The van der Waals surface area contributed by atoms with Crippen molar-refractivity contribution in [2.24, 2.45) is 5.92 Å². The van der Waals surface area contributed by atoms with Gasteiger partial charge in [-0.2, -0.15) is 0 Å². The van der Waals surface area contributed by atoms with Gasteiger partial charge in [-0.3, -0.25) is 0 Å². The van der Waals surface area contributed by atoms with E-state index in [-0.39, 0.29) is 65.4 Å². The topological polar surface area (TPSA) is 120 Å². The van der Waals surface area contributed by atoms with Gasteiger partial charge in [-0.05, 0) is 68.2 Å². The predicted molar refractivity (Wildman–Crippen MR) is 152 cm³/mol. The summed E-state index contributed by atoms with van der Waals surface area (Å²) in [6.45, 7) is 22.6. The van der Waals surface area contributed by atoms with Crippen molar-refractivity contribution >= 4 is 36.2 Å². The number of hydrogen-bond donors (Lipinski definition) is 0. The molecule has 17 heteroatoms. The molecular formula is C22H54O13Si4. The number of hydrogen-bond acceptors (Lipinski definition) is 13. The average molecular weight is 639 g/mol. The van der Waals surface area contributed by atoms with E-state index in [0.717, 1.165) is 0 Å². The van der Waals surface area contributed by atoms with Crippen molar-refractivity contribution in [3.05, 3.63) is 0 Å². The largest absolute Gasteiger partial charge is 0.673 e. The molecule has 0 aromatic rings. The fourth-order valence-electron chi connectivity index (χ4n) is 3.11. The van der Waals surface area contributed by atoms with Gasteiger partial charge in [-0.25, -0.2) is 0 Å². The van der Waals surface area contributed by atoms with Crippen LogP contribution in [0.25, 0.3) is 0 Å². The standard InChI is InChI=1S/C22H54O13Si4/c1-12-23-36(24-13-2,25-14-3)33-38(28-17-6,29-18-7)35-39(30-19-8,31-20-9)34-37(26-15-4,27-16-5)32-21-22(10)11/h22H,12-21H2,1-11H3. The van der Waals surface area contributed by atoms with Crippen LogP contribution in [0.2, 0.25) is 0 Å². The maximum atomic E-state index is 6.57. The lowest BCUT2D eigenvalue weighted by Gasteiger charge is -2.40. The second-order valence-corrected chi connectivity index (χ2v) is 17.2. The third kappa shape index (κ3) is 13.9. The normalized spacial score (nSPS) is 13.5. The van der Waals surface area contributed by atoms with Crippen LogP contribution in [0.1, 0.15) is 76.2 Å². The molecule has 0 spiro atoms. The molecule has 39 heavy (non-hydrogen) atoms. The summed E-state index contributed by atoms with van der Waals surface area (Å²) in [6, 6.07) is 0. The van der Waals surface area contributed by atoms with E-state index < -0.39 is 36.2 Å². The molecule has 0 saturated carbocycles. The van der Waals surface area contributed by atoms with Crippen molar-refractivity contribution in [3.63, 3.8) is 0 Å². The van der Waals surface area contributed by atoms with Crippen molar-refractivity contribution in [2.75, 3.05) is 66.1 Å². The van der Waals surface area contributed by atoms with Crippen molar-refractivity contribution in [2.45, 2.75) is 76.2 Å². The molecule has 0 N–H and O–H groups in total. The summed E-state index contributed by atoms with van der Waals surface area (Å²) < 4.78 is 80.0. The molecule has 0 radical (unpaired) electrons. The van der Waals surface area contributed by atoms with Crippen molar-refractivity contribution in [3.8, 4) is 0 Å². The van der Waals surface area contributed by atoms with Gasteiger partial charge in [0.15, 0.2) is 0 Å². The molecule has 0 aromatic heterocycles. The molecule has 0 bridgehead atoms. The van der Waals surface area contributed by atoms with Gasteiger partial charge < -0.3 is 56.6 Å². The first-order chi connectivity index (χ1) is 18.6. The molecule has 0 fully saturated rings. The smallest absolute Gasteiger partial charge is 0.352 e. The van der Waals surface area contributed by atoms with E-state index in [9.17, 15) is 0 Å². The first kappa shape index (κ1) is 39.3. The van der Waals surface area contributed by atoms with Gasteiger partial charge in [0, 0.05) is 66.1 Å². The maximum Gasteiger partial charge on any atom is 0.673 e. The molecule has 0 saturated heterocycles. The Morgan fingerprint density at radius 3 is 0.769 bits per heavy atom. The zero-order chi connectivity index (χ0) is 29.8. The van der Waals surface area contributed by atoms with Crippen LogP contribution in [0.15, 0.2) is 0 Å². The summed E-state index contributed by atoms with van der Waals surface area (Å²) in [5.41, 5.74) is 0. The Labute approximate surface area is 240 Å². The lowest BCUT2D eigenvalue weighted by atomic mass is 10.2. The SMILES string of the molecule is CCO[Si](OCC)(OCC)O[Si](OCC)(OCC)O[Si](OCC)(OCC)O[Si](OCC)(OCC)OCC(C)C. The highest BCUT2D eigenvalue weighted by Gasteiger charge is 2.69. The Morgan fingerprint density at radius 1 is 0.333 bits per heavy atom. The van der Waals surface area contributed by atoms with Crippen LogP contribution in [-0.2, 0) is 56.6 Å². The van der Waals surface area contributed by atoms with E-state index in [4.69, 9.17) is 56.6 Å². The van der Waals surface area contributed by atoms with E-state index in [1.807, 2.05) is 48.5 Å². The van der Waals surface area contributed by atoms with Crippen LogP contribution in [0.3, 0.4) is 0 Å². The molecule has 0 aromatic carbocycles. The van der Waals surface area contributed by atoms with E-state index in [1.165, 1.54) is 0 Å². The van der Waals surface area contributed by atoms with Gasteiger partial charge in [0.05, 0.1) is 0 Å². The zero-order valence-electron chi connectivity index (χ0n) is 26.0. The Hall–Kier alpha value is 0.348. The van der Waals surface area contributed by atoms with E-state index in [0.29, 0.717) is 6.61 Å². The molecule has 0 aliphatic heterocycles. The predicted octanol–water partition coefficient (Wildman–Crippen LogP) is 3.78. The first-order valence-corrected chi connectivity index (χ1v) is 20.6. The molecule has 0 aliphatic rings. The third-order valence-corrected chi connectivity index (χ3v) is 16.5. The lowest BCUT2D eigenvalue weighted by molar-refractivity contribution is -0.0856. The van der Waals surface area contributed by atoms with Crippen LogP contribution < -0.4 is 0 Å². The highest BCUT2D eigenvalue weighted by molar-refractivity contribution is 6.77. The second kappa shape index (κ2) is 21.1. The molecule has 0 aliphatic carbocycles. The van der Waals surface area contributed by atoms with Crippen LogP contribution in [-0.4, -0.2) is 102 Å². The van der Waals surface area contributed by atoms with Gasteiger partial charge in [-0.15, -0.1) is 0 Å². The zero-order valence-corrected chi connectivity index (χ0v) is 30.0. The Morgan fingerprint density at radius 2 is 0.538 bits per heavy atom. The first-order valence-electron chi connectivity index (χ1n) is 14.1. The minimum absolute atomic E-state index is 0.173. The summed E-state index contributed by atoms with van der Waals surface area (Å²) in [7, 11) is -16.1. The van der Waals surface area contributed by atoms with Crippen molar-refractivity contribution < 1.29 is 56.6 Å². The monoisotopic (exact) mass is 638 g/mol. The van der Waals surface area contributed by atoms with Crippen LogP contribution in [0, 0.1) is 5.92 Å². The molecule has 0 amide bonds. The van der Waals surface area contributed by atoms with Crippen LogP contribution >= 0.6 is 0 Å². The summed E-state index contributed by atoms with van der Waals surface area (Å²) in [6.07, 6.45) is 0. The highest BCUT2D eigenvalue weighted by Crippen LogP contribution is 2.30. The molecule has 0 rings (SSSR count). The van der Waals surface area contributed by atoms with E-state index in [2.05, 4.69) is 0 Å². The van der Waals surface area contributed by atoms with Gasteiger partial charge in [0.2, 0.25) is 0 Å². The van der Waals surface area contributed by atoms with Crippen LogP contribution in [0.4, 0.5) is 0 Å². The molecule has 0 heterocycles. The fourth-order valence-corrected chi connectivity index (χ4v) is 15.5. The van der Waals surface area contributed by atoms with E-state index >= 15 is 0 Å². The highest BCUT2D eigenvalue weighted by atomic mass is 28.5. The Kier molecular flexibility index (Phi) is 21.3. The molecule has 236 valence electrons. The summed E-state index contributed by atoms with van der Waals surface area (Å²) >= 11 is 0. The molecule has 0 unspecified atom stereocenters. The average Bonchev–Trinajstić information content (AvgIpc) is 2.84. The number of rotatable bonds is 27. The summed E-state index contributed by atoms with van der Waals surface area (Å²) in [5, 5.41) is 0. The summed E-state index contributed by atoms with van der Waals surface area (Å²) in [5.74, 6) is 0.177. The minimum Gasteiger partial charge on any atom is -0.352 e. The molecule has 0 atom stereocenters. The van der Waals surface area contributed by atoms with Gasteiger partial charge in [0.25, 0.3) is 0 Å². The molecule has 13 nitrogen and oxygen atoms in total. The second-order valence-electron chi connectivity index (χ2n) is 7.91. The summed E-state index contributed by atoms with van der Waals surface area (Å²) in [4.78, 5) is 0. The van der Waals surface area contributed by atoms with Crippen molar-refractivity contribution in [1.82, 2.24) is 0 Å². The van der Waals surface area contributed by atoms with Gasteiger partial charge in [-0.1, -0.05) is 13.8 Å². The maximum absolute atomic E-state index is 6.57. The van der Waals surface area contributed by atoms with Gasteiger partial charge in [0.1, 0.15) is 0 Å². The van der Waals surface area contributed by atoms with E-state index in [1.54, 1.807) is 27.7 Å².